The van der Waals surface area contributed by atoms with Crippen molar-refractivity contribution in [2.45, 2.75) is 39.3 Å². The van der Waals surface area contributed by atoms with Crippen molar-refractivity contribution in [3.63, 3.8) is 0 Å². The van der Waals surface area contributed by atoms with Gasteiger partial charge in [0.05, 0.1) is 0 Å². The van der Waals surface area contributed by atoms with E-state index in [0.717, 1.165) is 0 Å². The van der Waals surface area contributed by atoms with Crippen LogP contribution >= 0.6 is 0 Å². The summed E-state index contributed by atoms with van der Waals surface area (Å²) in [4.78, 5) is 0. The first-order chi connectivity index (χ1) is 4.21. The van der Waals surface area contributed by atoms with E-state index < -0.39 is 16.1 Å². The molecule has 0 aromatic rings. The van der Waals surface area contributed by atoms with Crippen LogP contribution < -0.4 is 0 Å². The summed E-state index contributed by atoms with van der Waals surface area (Å²) in [6, 6.07) is 0. The Kier molecular flexibility index (Phi) is 5.77. The fourth-order valence-corrected chi connectivity index (χ4v) is 3.38. The van der Waals surface area contributed by atoms with Crippen molar-refractivity contribution >= 4 is 16.1 Å². The third kappa shape index (κ3) is 13.5. The van der Waals surface area contributed by atoms with Gasteiger partial charge in [-0.2, -0.15) is 0 Å². The summed E-state index contributed by atoms with van der Waals surface area (Å²) in [5.41, 5.74) is 6.82. The molecule has 0 aromatic carbocycles. The molecule has 0 spiro atoms. The molecule has 0 saturated heterocycles. The molecule has 0 aliphatic heterocycles. The summed E-state index contributed by atoms with van der Waals surface area (Å²) in [5.74, 6) is 0. The Morgan fingerprint density at radius 1 is 0.636 bits per heavy atom. The molecule has 0 N–H and O–H groups in total. The van der Waals surface area contributed by atoms with Gasteiger partial charge in [-0.1, -0.05) is 39.3 Å². The summed E-state index contributed by atoms with van der Waals surface area (Å²) >= 11 is 0. The van der Waals surface area contributed by atoms with Crippen molar-refractivity contribution in [1.82, 2.24) is 0 Å². The van der Waals surface area contributed by atoms with Gasteiger partial charge in [-0.15, -0.1) is 11.1 Å². The van der Waals surface area contributed by atoms with Crippen LogP contribution in [0.25, 0.3) is 0 Å². The molecule has 0 atom stereocenters. The number of hydrogen-bond acceptors (Lipinski definition) is 0. The van der Waals surface area contributed by atoms with Gasteiger partial charge in [0.2, 0.25) is 0 Å². The first kappa shape index (κ1) is 14.1. The molecule has 0 bridgehead atoms. The molecule has 11 heavy (non-hydrogen) atoms. The monoisotopic (exact) mass is 233 g/mol. The molecule has 0 nitrogen and oxygen atoms in total. The van der Waals surface area contributed by atoms with E-state index in [9.17, 15) is 0 Å². The SMILES string of the molecule is C[Si](C)(C)C#C[Si](C)(C)C.[Cu+]. The Balaban J connectivity index is 0. The van der Waals surface area contributed by atoms with Crippen molar-refractivity contribution < 1.29 is 17.1 Å². The van der Waals surface area contributed by atoms with Crippen molar-refractivity contribution in [2.24, 2.45) is 0 Å². The minimum atomic E-state index is -1.09. The fourth-order valence-electron chi connectivity index (χ4n) is 0.375. The van der Waals surface area contributed by atoms with Gasteiger partial charge in [-0.25, -0.2) is 0 Å². The summed E-state index contributed by atoms with van der Waals surface area (Å²) in [5, 5.41) is 0. The van der Waals surface area contributed by atoms with Crippen LogP contribution in [0.5, 0.6) is 0 Å². The van der Waals surface area contributed by atoms with E-state index in [-0.39, 0.29) is 17.1 Å². The molecule has 0 rings (SSSR count). The predicted octanol–water partition coefficient (Wildman–Crippen LogP) is 2.74. The molecular weight excluding hydrogens is 216 g/mol. The van der Waals surface area contributed by atoms with Crippen LogP contribution in [0.4, 0.5) is 0 Å². The molecule has 3 heteroatoms. The number of hydrogen-bond donors (Lipinski definition) is 0. The summed E-state index contributed by atoms with van der Waals surface area (Å²) in [7, 11) is -2.19. The van der Waals surface area contributed by atoms with Crippen LogP contribution in [0.1, 0.15) is 0 Å². The molecule has 68 valence electrons. The molecule has 0 aliphatic carbocycles. The standard InChI is InChI=1S/C8H18Si2.Cu/c1-9(2,3)7-8-10(4,5)6;/h1-6H3;/q;+1. The van der Waals surface area contributed by atoms with Crippen molar-refractivity contribution in [3.05, 3.63) is 0 Å². The van der Waals surface area contributed by atoms with Crippen molar-refractivity contribution in [3.8, 4) is 11.1 Å². The molecule has 0 saturated carbocycles. The molecule has 0 aromatic heterocycles. The van der Waals surface area contributed by atoms with Crippen molar-refractivity contribution in [2.75, 3.05) is 0 Å². The summed E-state index contributed by atoms with van der Waals surface area (Å²) in [6.45, 7) is 13.8. The average Bonchev–Trinajstić information content (AvgIpc) is 1.57. The van der Waals surface area contributed by atoms with Gasteiger partial charge in [0, 0.05) is 0 Å². The second-order valence-corrected chi connectivity index (χ2v) is 14.2. The van der Waals surface area contributed by atoms with Crippen LogP contribution in [0.3, 0.4) is 0 Å². The molecule has 0 radical (unpaired) electrons. The zero-order valence-electron chi connectivity index (χ0n) is 8.30. The molecular formula is C8H18CuSi2+. The maximum absolute atomic E-state index is 3.41. The minimum Gasteiger partial charge on any atom is -0.139 e. The summed E-state index contributed by atoms with van der Waals surface area (Å²) < 4.78 is 0. The van der Waals surface area contributed by atoms with Crippen LogP contribution in [0.15, 0.2) is 0 Å². The minimum absolute atomic E-state index is 0. The largest absolute Gasteiger partial charge is 1.00 e. The van der Waals surface area contributed by atoms with Gasteiger partial charge in [-0.05, 0) is 0 Å². The Morgan fingerprint density at radius 2 is 0.818 bits per heavy atom. The van der Waals surface area contributed by atoms with Gasteiger partial charge in [0.25, 0.3) is 0 Å². The van der Waals surface area contributed by atoms with Gasteiger partial charge in [-0.3, -0.25) is 0 Å². The van der Waals surface area contributed by atoms with E-state index in [1.54, 1.807) is 0 Å². The third-order valence-electron chi connectivity index (χ3n) is 0.812. The van der Waals surface area contributed by atoms with Gasteiger partial charge in [0.1, 0.15) is 16.1 Å². The fraction of sp³-hybridized carbons (Fsp3) is 0.750. The topological polar surface area (TPSA) is 0 Å². The first-order valence-corrected chi connectivity index (χ1v) is 10.8. The average molecular weight is 234 g/mol. The van der Waals surface area contributed by atoms with E-state index in [0.29, 0.717) is 0 Å². The van der Waals surface area contributed by atoms with Crippen LogP contribution in [-0.4, -0.2) is 16.1 Å². The van der Waals surface area contributed by atoms with Crippen molar-refractivity contribution in [1.29, 1.82) is 0 Å². The maximum atomic E-state index is 3.41. The van der Waals surface area contributed by atoms with Gasteiger partial charge in [0.15, 0.2) is 0 Å². The van der Waals surface area contributed by atoms with E-state index in [1.807, 2.05) is 0 Å². The normalized spacial score (nSPS) is 11.1. The van der Waals surface area contributed by atoms with Crippen LogP contribution in [-0.2, 0) is 17.1 Å². The number of rotatable bonds is 0. The second kappa shape index (κ2) is 4.52. The van der Waals surface area contributed by atoms with Crippen LogP contribution in [0.2, 0.25) is 39.3 Å². The summed E-state index contributed by atoms with van der Waals surface area (Å²) in [6.07, 6.45) is 0. The Labute approximate surface area is 83.7 Å². The molecule has 0 fully saturated rings. The van der Waals surface area contributed by atoms with Gasteiger partial charge < -0.3 is 0 Å². The quantitative estimate of drug-likeness (QED) is 0.446. The third-order valence-corrected chi connectivity index (χ3v) is 2.81. The van der Waals surface area contributed by atoms with E-state index in [2.05, 4.69) is 50.4 Å². The molecule has 0 unspecified atom stereocenters. The van der Waals surface area contributed by atoms with E-state index >= 15 is 0 Å². The predicted molar refractivity (Wildman–Crippen MR) is 54.5 cm³/mol. The Bertz CT molecular complexity index is 145. The molecule has 0 aliphatic rings. The van der Waals surface area contributed by atoms with Crippen LogP contribution in [0, 0.1) is 11.1 Å². The smallest absolute Gasteiger partial charge is 0.139 e. The molecule has 0 heterocycles. The maximum Gasteiger partial charge on any atom is 1.00 e. The first-order valence-electron chi connectivity index (χ1n) is 3.75. The molecule has 0 amide bonds. The van der Waals surface area contributed by atoms with E-state index in [4.69, 9.17) is 0 Å². The van der Waals surface area contributed by atoms with E-state index in [1.165, 1.54) is 0 Å². The Hall–Kier alpha value is 0.513. The second-order valence-electron chi connectivity index (χ2n) is 4.75. The Morgan fingerprint density at radius 3 is 0.909 bits per heavy atom. The van der Waals surface area contributed by atoms with Gasteiger partial charge >= 0.3 is 17.1 Å². The zero-order valence-corrected chi connectivity index (χ0v) is 11.2. The zero-order chi connectivity index (χ0) is 8.41.